The van der Waals surface area contributed by atoms with E-state index in [1.807, 2.05) is 48.5 Å². The summed E-state index contributed by atoms with van der Waals surface area (Å²) < 4.78 is 6.52. The van der Waals surface area contributed by atoms with Crippen LogP contribution in [-0.4, -0.2) is 17.1 Å². The van der Waals surface area contributed by atoms with E-state index in [1.54, 1.807) is 7.11 Å². The predicted octanol–water partition coefficient (Wildman–Crippen LogP) is 3.91. The first kappa shape index (κ1) is 12.3. The molecule has 2 aromatic carbocycles. The van der Waals surface area contributed by atoms with E-state index in [0.717, 1.165) is 20.0 Å². The molecule has 0 amide bonds. The summed E-state index contributed by atoms with van der Waals surface area (Å²) in [4.78, 5) is 9.10. The van der Waals surface area contributed by atoms with Gasteiger partial charge in [0, 0.05) is 9.13 Å². The second-order valence-electron chi connectivity index (χ2n) is 4.08. The van der Waals surface area contributed by atoms with Crippen LogP contribution in [0, 0.1) is 3.57 Å². The van der Waals surface area contributed by atoms with Crippen LogP contribution >= 0.6 is 22.6 Å². The predicted molar refractivity (Wildman–Crippen MR) is 84.2 cm³/mol. The van der Waals surface area contributed by atoms with E-state index in [-0.39, 0.29) is 0 Å². The van der Waals surface area contributed by atoms with Crippen molar-refractivity contribution in [2.24, 2.45) is 0 Å². The van der Waals surface area contributed by atoms with Gasteiger partial charge < -0.3 is 4.74 Å². The minimum absolute atomic E-state index is 0.611. The Morgan fingerprint density at radius 2 is 1.79 bits per heavy atom. The SMILES string of the molecule is COc1nc(-c2ccccc2)nc2cc(I)ccc12. The van der Waals surface area contributed by atoms with Crippen LogP contribution in [-0.2, 0) is 0 Å². The van der Waals surface area contributed by atoms with Gasteiger partial charge in [-0.15, -0.1) is 0 Å². The number of nitrogens with zero attached hydrogens (tertiary/aromatic N) is 2. The minimum atomic E-state index is 0.611. The molecule has 0 atom stereocenters. The first-order chi connectivity index (χ1) is 9.28. The van der Waals surface area contributed by atoms with Crippen molar-refractivity contribution in [2.75, 3.05) is 7.11 Å². The maximum absolute atomic E-state index is 5.38. The number of hydrogen-bond donors (Lipinski definition) is 0. The second kappa shape index (κ2) is 5.13. The summed E-state index contributed by atoms with van der Waals surface area (Å²) in [5.41, 5.74) is 1.89. The smallest absolute Gasteiger partial charge is 0.224 e. The maximum atomic E-state index is 5.38. The Bertz CT molecular complexity index is 729. The molecule has 0 spiro atoms. The van der Waals surface area contributed by atoms with E-state index < -0.39 is 0 Å². The Hall–Kier alpha value is -1.69. The molecule has 0 saturated heterocycles. The van der Waals surface area contributed by atoms with Gasteiger partial charge in [0.25, 0.3) is 0 Å². The summed E-state index contributed by atoms with van der Waals surface area (Å²) in [6.45, 7) is 0. The normalized spacial score (nSPS) is 10.6. The third-order valence-corrected chi connectivity index (χ3v) is 3.52. The fourth-order valence-electron chi connectivity index (χ4n) is 1.95. The maximum Gasteiger partial charge on any atom is 0.224 e. The molecule has 0 unspecified atom stereocenters. The van der Waals surface area contributed by atoms with Gasteiger partial charge in [-0.05, 0) is 40.8 Å². The number of halogens is 1. The quantitative estimate of drug-likeness (QED) is 0.649. The van der Waals surface area contributed by atoms with Crippen LogP contribution < -0.4 is 4.74 Å². The number of fused-ring (bicyclic) bond motifs is 1. The molecule has 3 aromatic rings. The average Bonchev–Trinajstić information content (AvgIpc) is 2.46. The van der Waals surface area contributed by atoms with Gasteiger partial charge in [-0.3, -0.25) is 0 Å². The molecule has 0 bridgehead atoms. The van der Waals surface area contributed by atoms with Crippen LogP contribution in [0.1, 0.15) is 0 Å². The van der Waals surface area contributed by atoms with Gasteiger partial charge in [0.2, 0.25) is 5.88 Å². The van der Waals surface area contributed by atoms with Crippen LogP contribution in [0.2, 0.25) is 0 Å². The van der Waals surface area contributed by atoms with Gasteiger partial charge in [-0.25, -0.2) is 4.98 Å². The molecule has 0 aliphatic carbocycles. The molecule has 4 heteroatoms. The zero-order valence-electron chi connectivity index (χ0n) is 10.3. The number of methoxy groups -OCH3 is 1. The molecule has 1 heterocycles. The van der Waals surface area contributed by atoms with Crippen molar-refractivity contribution in [1.29, 1.82) is 0 Å². The molecule has 3 rings (SSSR count). The van der Waals surface area contributed by atoms with Gasteiger partial charge in [0.05, 0.1) is 18.0 Å². The molecule has 1 aromatic heterocycles. The Morgan fingerprint density at radius 3 is 2.53 bits per heavy atom. The van der Waals surface area contributed by atoms with Gasteiger partial charge in [0.15, 0.2) is 5.82 Å². The van der Waals surface area contributed by atoms with Crippen molar-refractivity contribution < 1.29 is 4.74 Å². The molecule has 94 valence electrons. The highest BCUT2D eigenvalue weighted by atomic mass is 127. The highest BCUT2D eigenvalue weighted by Crippen LogP contribution is 2.27. The lowest BCUT2D eigenvalue weighted by atomic mass is 10.2. The molecular weight excluding hydrogens is 351 g/mol. The summed E-state index contributed by atoms with van der Waals surface area (Å²) in [6.07, 6.45) is 0. The zero-order chi connectivity index (χ0) is 13.2. The van der Waals surface area contributed by atoms with Crippen molar-refractivity contribution in [1.82, 2.24) is 9.97 Å². The summed E-state index contributed by atoms with van der Waals surface area (Å²) in [7, 11) is 1.63. The topological polar surface area (TPSA) is 35.0 Å². The Kier molecular flexibility index (Phi) is 3.33. The molecule has 0 aliphatic heterocycles. The Labute approximate surface area is 124 Å². The number of aromatic nitrogens is 2. The van der Waals surface area contributed by atoms with E-state index >= 15 is 0 Å². The Morgan fingerprint density at radius 1 is 1.00 bits per heavy atom. The van der Waals surface area contributed by atoms with Crippen molar-refractivity contribution in [3.05, 3.63) is 52.1 Å². The van der Waals surface area contributed by atoms with E-state index in [9.17, 15) is 0 Å². The average molecular weight is 362 g/mol. The highest BCUT2D eigenvalue weighted by molar-refractivity contribution is 14.1. The third kappa shape index (κ3) is 2.40. The van der Waals surface area contributed by atoms with Crippen LogP contribution in [0.25, 0.3) is 22.3 Å². The van der Waals surface area contributed by atoms with E-state index in [4.69, 9.17) is 4.74 Å². The fraction of sp³-hybridized carbons (Fsp3) is 0.0667. The van der Waals surface area contributed by atoms with Crippen LogP contribution in [0.3, 0.4) is 0 Å². The zero-order valence-corrected chi connectivity index (χ0v) is 12.5. The van der Waals surface area contributed by atoms with Crippen molar-refractivity contribution in [2.45, 2.75) is 0 Å². The fourth-order valence-corrected chi connectivity index (χ4v) is 2.42. The van der Waals surface area contributed by atoms with Gasteiger partial charge in [0.1, 0.15) is 0 Å². The van der Waals surface area contributed by atoms with Crippen LogP contribution in [0.15, 0.2) is 48.5 Å². The third-order valence-electron chi connectivity index (χ3n) is 2.85. The summed E-state index contributed by atoms with van der Waals surface area (Å²) in [5.74, 6) is 1.30. The van der Waals surface area contributed by atoms with E-state index in [0.29, 0.717) is 11.7 Å². The largest absolute Gasteiger partial charge is 0.480 e. The van der Waals surface area contributed by atoms with Crippen molar-refractivity contribution >= 4 is 33.5 Å². The first-order valence-electron chi connectivity index (χ1n) is 5.84. The summed E-state index contributed by atoms with van der Waals surface area (Å²) in [6, 6.07) is 16.0. The van der Waals surface area contributed by atoms with E-state index in [1.165, 1.54) is 0 Å². The lowest BCUT2D eigenvalue weighted by Gasteiger charge is -2.07. The van der Waals surface area contributed by atoms with Crippen LogP contribution in [0.5, 0.6) is 5.88 Å². The molecule has 19 heavy (non-hydrogen) atoms. The van der Waals surface area contributed by atoms with Gasteiger partial charge >= 0.3 is 0 Å². The highest BCUT2D eigenvalue weighted by Gasteiger charge is 2.09. The molecular formula is C15H11IN2O. The molecule has 0 radical (unpaired) electrons. The number of benzene rings is 2. The van der Waals surface area contributed by atoms with Crippen LogP contribution in [0.4, 0.5) is 0 Å². The summed E-state index contributed by atoms with van der Waals surface area (Å²) in [5, 5.41) is 0.933. The van der Waals surface area contributed by atoms with Gasteiger partial charge in [-0.1, -0.05) is 30.3 Å². The van der Waals surface area contributed by atoms with Crippen molar-refractivity contribution in [3.63, 3.8) is 0 Å². The molecule has 0 fully saturated rings. The molecule has 3 nitrogen and oxygen atoms in total. The first-order valence-corrected chi connectivity index (χ1v) is 6.92. The monoisotopic (exact) mass is 362 g/mol. The minimum Gasteiger partial charge on any atom is -0.480 e. The number of hydrogen-bond acceptors (Lipinski definition) is 3. The van der Waals surface area contributed by atoms with E-state index in [2.05, 4.69) is 32.6 Å². The number of rotatable bonds is 2. The van der Waals surface area contributed by atoms with Crippen molar-refractivity contribution in [3.8, 4) is 17.3 Å². The summed E-state index contributed by atoms with van der Waals surface area (Å²) >= 11 is 2.28. The standard InChI is InChI=1S/C15H11IN2O/c1-19-15-12-8-7-11(16)9-13(12)17-14(18-15)10-5-3-2-4-6-10/h2-9H,1H3. The van der Waals surface area contributed by atoms with Gasteiger partial charge in [-0.2, -0.15) is 4.98 Å². The lowest BCUT2D eigenvalue weighted by molar-refractivity contribution is 0.403. The number of ether oxygens (including phenoxy) is 1. The molecule has 0 saturated carbocycles. The Balaban J connectivity index is 2.27. The molecule has 0 aliphatic rings. The lowest BCUT2D eigenvalue weighted by Crippen LogP contribution is -1.96. The second-order valence-corrected chi connectivity index (χ2v) is 5.33. The molecule has 0 N–H and O–H groups in total.